The lowest BCUT2D eigenvalue weighted by molar-refractivity contribution is -0.311. The van der Waals surface area contributed by atoms with Gasteiger partial charge in [0.1, 0.15) is 36.6 Å². The molecule has 20 heteroatoms. The van der Waals surface area contributed by atoms with Crippen LogP contribution in [0.2, 0.25) is 0 Å². The zero-order valence-corrected chi connectivity index (χ0v) is 26.8. The van der Waals surface area contributed by atoms with Crippen molar-refractivity contribution in [1.82, 2.24) is 16.0 Å². The summed E-state index contributed by atoms with van der Waals surface area (Å²) in [5.41, 5.74) is 29.7. The number of hydrogen-bond donors (Lipinski definition) is 13. The zero-order valence-electron chi connectivity index (χ0n) is 26.8. The van der Waals surface area contributed by atoms with Crippen LogP contribution in [0.25, 0.3) is 0 Å². The lowest BCUT2D eigenvalue weighted by Gasteiger charge is -2.48. The molecule has 0 radical (unpaired) electrons. The van der Waals surface area contributed by atoms with Crippen molar-refractivity contribution in [2.75, 3.05) is 39.3 Å². The standard InChI is InChI=1S/C28H54FN9O10/c29-19-23(47-26-13(33)6-16(41)17(7-31)45-26)12(32)5-14(37-25(44)15(40)1-3-30)24(19)48-27-22(43)20(21(42)18(10-39)46-27)38-28(34)36-9-11-2-4-35-8-11/h11-24,26-27,35,39-43H,1-10,30-33H2,(H,37,44)(H3,34,36,38)/t11-,12?,13?,14-,15+,16+,17?,18-,19?,20-,21?,22-,23-,24?,26-,27?/m1/s1. The van der Waals surface area contributed by atoms with Crippen LogP contribution in [0.15, 0.2) is 4.99 Å². The molecule has 0 aromatic heterocycles. The summed E-state index contributed by atoms with van der Waals surface area (Å²) >= 11 is 0. The number of nitrogens with one attached hydrogen (secondary N) is 3. The maximum Gasteiger partial charge on any atom is 0.249 e. The van der Waals surface area contributed by atoms with Gasteiger partial charge in [-0.15, -0.1) is 0 Å². The fourth-order valence-electron chi connectivity index (χ4n) is 6.51. The van der Waals surface area contributed by atoms with Gasteiger partial charge in [0, 0.05) is 19.1 Å². The number of ether oxygens (including phenoxy) is 4. The molecule has 3 saturated heterocycles. The number of guanidine groups is 1. The Morgan fingerprint density at radius 2 is 1.73 bits per heavy atom. The summed E-state index contributed by atoms with van der Waals surface area (Å²) in [5, 5.41) is 61.2. The third-order valence-corrected chi connectivity index (χ3v) is 9.34. The quantitative estimate of drug-likeness (QED) is 0.0629. The second-order valence-corrected chi connectivity index (χ2v) is 13.0. The number of nitrogens with two attached hydrogens (primary N) is 5. The highest BCUT2D eigenvalue weighted by atomic mass is 19.1. The maximum atomic E-state index is 16.6. The van der Waals surface area contributed by atoms with Gasteiger partial charge in [-0.2, -0.15) is 0 Å². The second-order valence-electron chi connectivity index (χ2n) is 13.0. The topological polar surface area (TPSA) is 334 Å². The highest BCUT2D eigenvalue weighted by molar-refractivity contribution is 5.80. The van der Waals surface area contributed by atoms with Gasteiger partial charge in [0.2, 0.25) is 5.91 Å². The number of aliphatic hydroxyl groups is 5. The minimum atomic E-state index is -2.11. The molecule has 48 heavy (non-hydrogen) atoms. The largest absolute Gasteiger partial charge is 0.394 e. The number of carbonyl (C=O) groups is 1. The van der Waals surface area contributed by atoms with E-state index in [9.17, 15) is 30.3 Å². The van der Waals surface area contributed by atoms with E-state index in [0.717, 1.165) is 19.5 Å². The van der Waals surface area contributed by atoms with Gasteiger partial charge in [-0.1, -0.05) is 0 Å². The molecule has 3 heterocycles. The Morgan fingerprint density at radius 3 is 2.38 bits per heavy atom. The van der Waals surface area contributed by atoms with Crippen LogP contribution in [0, 0.1) is 5.92 Å². The first-order chi connectivity index (χ1) is 22.9. The number of halogens is 1. The van der Waals surface area contributed by atoms with E-state index in [1.807, 2.05) is 0 Å². The van der Waals surface area contributed by atoms with Crippen molar-refractivity contribution in [2.24, 2.45) is 39.6 Å². The normalized spacial score (nSPS) is 43.1. The molecule has 0 spiro atoms. The van der Waals surface area contributed by atoms with E-state index in [-0.39, 0.29) is 44.2 Å². The molecule has 0 aromatic rings. The van der Waals surface area contributed by atoms with Crippen molar-refractivity contribution in [2.45, 2.75) is 117 Å². The van der Waals surface area contributed by atoms with Crippen molar-refractivity contribution in [3.05, 3.63) is 0 Å². The molecule has 4 rings (SSSR count). The maximum absolute atomic E-state index is 16.6. The Labute approximate surface area is 278 Å². The minimum absolute atomic E-state index is 0.00578. The molecule has 18 N–H and O–H groups in total. The lowest BCUT2D eigenvalue weighted by atomic mass is 9.84. The molecule has 19 nitrogen and oxygen atoms in total. The van der Waals surface area contributed by atoms with E-state index in [1.165, 1.54) is 0 Å². The molecule has 3 aliphatic heterocycles. The first kappa shape index (κ1) is 38.9. The minimum Gasteiger partial charge on any atom is -0.394 e. The number of nitrogens with zero attached hydrogens (tertiary/aromatic N) is 1. The number of rotatable bonds is 13. The molecule has 0 bridgehead atoms. The number of hydrogen-bond acceptors (Lipinski definition) is 16. The van der Waals surface area contributed by atoms with Crippen molar-refractivity contribution >= 4 is 11.9 Å². The van der Waals surface area contributed by atoms with Crippen molar-refractivity contribution < 1.29 is 53.7 Å². The lowest BCUT2D eigenvalue weighted by Crippen LogP contribution is -2.69. The summed E-state index contributed by atoms with van der Waals surface area (Å²) in [5.74, 6) is -0.669. The fraction of sp³-hybridized carbons (Fsp3) is 0.929. The van der Waals surface area contributed by atoms with Crippen LogP contribution >= 0.6 is 0 Å². The second kappa shape index (κ2) is 17.9. The molecule has 4 aliphatic rings. The number of alkyl halides is 1. The van der Waals surface area contributed by atoms with Crippen molar-refractivity contribution in [3.8, 4) is 0 Å². The Bertz CT molecular complexity index is 1050. The number of aliphatic imine (C=N–C) groups is 1. The SMILES string of the molecule is NCC[C@H](O)C(=O)N[C@@H]1CC(N)[C@@H](O[C@H]2OC(CN)[C@@H](O)CC2N)C(F)C1OC1O[C@H](CO)C(O)[C@@H](NC(N)=NC[C@@H]2CCNC2)[C@H]1O. The summed E-state index contributed by atoms with van der Waals surface area (Å²) in [6.07, 6.45) is -15.0. The summed E-state index contributed by atoms with van der Waals surface area (Å²) in [6, 6.07) is -4.36. The predicted molar refractivity (Wildman–Crippen MR) is 167 cm³/mol. The van der Waals surface area contributed by atoms with Gasteiger partial charge < -0.3 is 89.1 Å². The van der Waals surface area contributed by atoms with Crippen LogP contribution in [0.5, 0.6) is 0 Å². The molecule has 1 saturated carbocycles. The summed E-state index contributed by atoms with van der Waals surface area (Å²) in [6.45, 7) is 1.29. The first-order valence-corrected chi connectivity index (χ1v) is 16.5. The van der Waals surface area contributed by atoms with E-state index in [4.69, 9.17) is 47.6 Å². The van der Waals surface area contributed by atoms with E-state index in [2.05, 4.69) is 20.9 Å². The molecule has 16 atom stereocenters. The number of carbonyl (C=O) groups excluding carboxylic acids is 1. The summed E-state index contributed by atoms with van der Waals surface area (Å²) < 4.78 is 39.9. The Hall–Kier alpha value is -1.89. The van der Waals surface area contributed by atoms with Crippen molar-refractivity contribution in [3.63, 3.8) is 0 Å². The van der Waals surface area contributed by atoms with E-state index >= 15 is 4.39 Å². The van der Waals surface area contributed by atoms with Crippen LogP contribution in [0.3, 0.4) is 0 Å². The number of aliphatic hydroxyl groups excluding tert-OH is 5. The van der Waals surface area contributed by atoms with Gasteiger partial charge in [0.15, 0.2) is 24.7 Å². The number of amides is 1. The smallest absolute Gasteiger partial charge is 0.249 e. The average Bonchev–Trinajstić information content (AvgIpc) is 3.58. The van der Waals surface area contributed by atoms with Gasteiger partial charge in [-0.3, -0.25) is 9.79 Å². The molecule has 4 fully saturated rings. The fourth-order valence-corrected chi connectivity index (χ4v) is 6.51. The Kier molecular flexibility index (Phi) is 14.5. The van der Waals surface area contributed by atoms with E-state index < -0.39 is 104 Å². The highest BCUT2D eigenvalue weighted by Crippen LogP contribution is 2.33. The van der Waals surface area contributed by atoms with Crippen LogP contribution in [0.4, 0.5) is 4.39 Å². The third kappa shape index (κ3) is 9.46. The predicted octanol–water partition coefficient (Wildman–Crippen LogP) is -6.90. The van der Waals surface area contributed by atoms with E-state index in [1.54, 1.807) is 0 Å². The molecular weight excluding hydrogens is 641 g/mol. The first-order valence-electron chi connectivity index (χ1n) is 16.5. The third-order valence-electron chi connectivity index (χ3n) is 9.34. The Morgan fingerprint density at radius 1 is 1.02 bits per heavy atom. The Balaban J connectivity index is 1.55. The molecule has 1 aliphatic carbocycles. The van der Waals surface area contributed by atoms with Crippen molar-refractivity contribution in [1.29, 1.82) is 0 Å². The van der Waals surface area contributed by atoms with Crippen LogP contribution in [0.1, 0.15) is 25.7 Å². The van der Waals surface area contributed by atoms with Crippen LogP contribution < -0.4 is 44.6 Å². The monoisotopic (exact) mass is 695 g/mol. The van der Waals surface area contributed by atoms with E-state index in [0.29, 0.717) is 6.54 Å². The van der Waals surface area contributed by atoms with Gasteiger partial charge in [-0.05, 0) is 51.2 Å². The van der Waals surface area contributed by atoms with Gasteiger partial charge in [0.05, 0.1) is 36.9 Å². The molecule has 7 unspecified atom stereocenters. The molecule has 0 aromatic carbocycles. The zero-order chi connectivity index (χ0) is 35.1. The summed E-state index contributed by atoms with van der Waals surface area (Å²) in [4.78, 5) is 17.1. The molecule has 278 valence electrons. The molecular formula is C28H54FN9O10. The van der Waals surface area contributed by atoms with Crippen LogP contribution in [-0.4, -0.2) is 168 Å². The highest BCUT2D eigenvalue weighted by Gasteiger charge is 2.53. The van der Waals surface area contributed by atoms with Gasteiger partial charge >= 0.3 is 0 Å². The average molecular weight is 696 g/mol. The van der Waals surface area contributed by atoms with Crippen LogP contribution in [-0.2, 0) is 23.7 Å². The summed E-state index contributed by atoms with van der Waals surface area (Å²) in [7, 11) is 0. The van der Waals surface area contributed by atoms with Gasteiger partial charge in [0.25, 0.3) is 0 Å². The molecule has 1 amide bonds. The van der Waals surface area contributed by atoms with Gasteiger partial charge in [-0.25, -0.2) is 4.39 Å².